The normalized spacial score (nSPS) is 15.7. The Morgan fingerprint density at radius 3 is 2.44 bits per heavy atom. The second kappa shape index (κ2) is 13.8. The van der Waals surface area contributed by atoms with E-state index in [1.807, 2.05) is 73.7 Å². The number of rotatable bonds is 9. The van der Waals surface area contributed by atoms with Gasteiger partial charge >= 0.3 is 5.91 Å². The third-order valence-corrected chi connectivity index (χ3v) is 10.8. The number of Topliss-reactive ketones (excluding diaryl/α,β-unsaturated/α-hetero) is 1. The summed E-state index contributed by atoms with van der Waals surface area (Å²) in [7, 11) is 0. The molecule has 1 fully saturated rings. The molecule has 6 aromatic rings. The predicted octanol–water partition coefficient (Wildman–Crippen LogP) is 9.26. The zero-order valence-electron chi connectivity index (χ0n) is 25.7. The Kier molecular flexibility index (Phi) is 9.12. The van der Waals surface area contributed by atoms with E-state index in [0.717, 1.165) is 26.5 Å². The quantitative estimate of drug-likeness (QED) is 0.0521. The van der Waals surface area contributed by atoms with Crippen molar-refractivity contribution >= 4 is 72.4 Å². The molecule has 7 rings (SSSR count). The smallest absolute Gasteiger partial charge is 0.301 e. The van der Waals surface area contributed by atoms with E-state index in [2.05, 4.69) is 50.4 Å². The summed E-state index contributed by atoms with van der Waals surface area (Å²) in [6.45, 7) is 2.43. The summed E-state index contributed by atoms with van der Waals surface area (Å²) in [5.74, 6) is -0.573. The average Bonchev–Trinajstić information content (AvgIpc) is 3.68. The lowest BCUT2D eigenvalue weighted by Gasteiger charge is -2.22. The molecule has 10 heteroatoms. The molecule has 238 valence electrons. The number of ketones is 1. The van der Waals surface area contributed by atoms with E-state index in [-0.39, 0.29) is 16.5 Å². The maximum atomic E-state index is 13.7. The molecule has 48 heavy (non-hydrogen) atoms. The highest BCUT2D eigenvalue weighted by Crippen LogP contribution is 2.44. The molecular formula is C38H28BrN3O4S2. The monoisotopic (exact) mass is 733 g/mol. The number of benzene rings is 5. The highest BCUT2D eigenvalue weighted by atomic mass is 79.9. The van der Waals surface area contributed by atoms with Gasteiger partial charge in [-0.3, -0.25) is 14.5 Å². The molecule has 0 radical (unpaired) electrons. The number of anilines is 1. The number of fused-ring (bicyclic) bond motifs is 1. The van der Waals surface area contributed by atoms with Crippen LogP contribution in [0.4, 0.5) is 5.13 Å². The fourth-order valence-corrected chi connectivity index (χ4v) is 8.02. The number of ether oxygens (including phenoxy) is 1. The Morgan fingerprint density at radius 1 is 0.896 bits per heavy atom. The van der Waals surface area contributed by atoms with E-state index in [9.17, 15) is 14.7 Å². The minimum atomic E-state index is -0.914. The van der Waals surface area contributed by atoms with Gasteiger partial charge in [0.1, 0.15) is 18.1 Å². The van der Waals surface area contributed by atoms with Gasteiger partial charge in [-0.2, -0.15) is 0 Å². The van der Waals surface area contributed by atoms with Crippen LogP contribution in [0.5, 0.6) is 5.75 Å². The largest absolute Gasteiger partial charge is 0.507 e. The molecule has 1 aromatic heterocycles. The van der Waals surface area contributed by atoms with Gasteiger partial charge in [-0.15, -0.1) is 10.2 Å². The van der Waals surface area contributed by atoms with E-state index < -0.39 is 17.7 Å². The van der Waals surface area contributed by atoms with Gasteiger partial charge in [-0.1, -0.05) is 118 Å². The van der Waals surface area contributed by atoms with E-state index in [1.165, 1.54) is 33.4 Å². The van der Waals surface area contributed by atoms with Crippen LogP contribution in [-0.4, -0.2) is 27.0 Å². The highest BCUT2D eigenvalue weighted by molar-refractivity contribution is 9.10. The van der Waals surface area contributed by atoms with Crippen molar-refractivity contribution in [1.82, 2.24) is 10.2 Å². The van der Waals surface area contributed by atoms with Crippen LogP contribution in [-0.2, 0) is 21.9 Å². The topological polar surface area (TPSA) is 92.6 Å². The first-order chi connectivity index (χ1) is 23.4. The number of aryl methyl sites for hydroxylation is 1. The Bertz CT molecular complexity index is 2190. The Morgan fingerprint density at radius 2 is 1.62 bits per heavy atom. The summed E-state index contributed by atoms with van der Waals surface area (Å²) >= 11 is 6.28. The number of nitrogens with zero attached hydrogens (tertiary/aromatic N) is 3. The molecular weight excluding hydrogens is 706 g/mol. The molecule has 2 heterocycles. The molecule has 1 unspecified atom stereocenters. The number of hydrogen-bond donors (Lipinski definition) is 1. The first-order valence-corrected chi connectivity index (χ1v) is 17.7. The lowest BCUT2D eigenvalue weighted by atomic mass is 9.95. The number of carbonyl (C=O) groups is 2. The standard InChI is InChI=1S/C38H28BrN3O4S2/c1-23-8-2-3-10-27(23)21-46-30-18-16-25(17-19-30)34(43)32-33(26-12-7-14-29(39)20-26)42(36(45)35(32)44)37-40-41-38(48-37)47-22-28-13-6-11-24-9-4-5-15-31(24)28/h2-20,33,43H,21-22H2,1H3. The number of hydrogen-bond acceptors (Lipinski definition) is 8. The number of carbonyl (C=O) groups excluding carboxylic acids is 2. The van der Waals surface area contributed by atoms with E-state index in [1.54, 1.807) is 24.3 Å². The molecule has 0 spiro atoms. The summed E-state index contributed by atoms with van der Waals surface area (Å²) in [4.78, 5) is 28.7. The van der Waals surface area contributed by atoms with Crippen molar-refractivity contribution in [3.05, 3.63) is 153 Å². The summed E-state index contributed by atoms with van der Waals surface area (Å²) in [5.41, 5.74) is 4.38. The Hall–Kier alpha value is -4.77. The van der Waals surface area contributed by atoms with E-state index >= 15 is 0 Å². The van der Waals surface area contributed by atoms with Crippen molar-refractivity contribution in [1.29, 1.82) is 0 Å². The molecule has 7 nitrogen and oxygen atoms in total. The van der Waals surface area contributed by atoms with Gasteiger partial charge in [0.25, 0.3) is 5.78 Å². The summed E-state index contributed by atoms with van der Waals surface area (Å²) < 4.78 is 7.40. The third kappa shape index (κ3) is 6.38. The maximum absolute atomic E-state index is 13.7. The molecule has 1 amide bonds. The van der Waals surface area contributed by atoms with Crippen LogP contribution in [0.25, 0.3) is 16.5 Å². The van der Waals surface area contributed by atoms with Crippen molar-refractivity contribution in [2.24, 2.45) is 0 Å². The van der Waals surface area contributed by atoms with Crippen LogP contribution < -0.4 is 9.64 Å². The lowest BCUT2D eigenvalue weighted by molar-refractivity contribution is -0.132. The molecule has 1 saturated heterocycles. The average molecular weight is 735 g/mol. The van der Waals surface area contributed by atoms with Gasteiger partial charge in [0.15, 0.2) is 4.34 Å². The number of amides is 1. The van der Waals surface area contributed by atoms with Gasteiger partial charge in [0, 0.05) is 15.8 Å². The maximum Gasteiger partial charge on any atom is 0.301 e. The van der Waals surface area contributed by atoms with Gasteiger partial charge in [0.2, 0.25) is 5.13 Å². The minimum Gasteiger partial charge on any atom is -0.507 e. The van der Waals surface area contributed by atoms with Gasteiger partial charge < -0.3 is 9.84 Å². The van der Waals surface area contributed by atoms with Crippen LogP contribution in [0.15, 0.2) is 130 Å². The van der Waals surface area contributed by atoms with Crippen LogP contribution in [0.1, 0.15) is 33.9 Å². The van der Waals surface area contributed by atoms with Gasteiger partial charge in [0.05, 0.1) is 11.6 Å². The second-order valence-electron chi connectivity index (χ2n) is 11.2. The Labute approximate surface area is 294 Å². The van der Waals surface area contributed by atoms with Crippen molar-refractivity contribution in [3.8, 4) is 5.75 Å². The summed E-state index contributed by atoms with van der Waals surface area (Å²) in [6.07, 6.45) is 0. The van der Waals surface area contributed by atoms with Crippen LogP contribution in [0.3, 0.4) is 0 Å². The number of aliphatic hydroxyl groups is 1. The van der Waals surface area contributed by atoms with Crippen LogP contribution in [0.2, 0.25) is 0 Å². The van der Waals surface area contributed by atoms with Crippen molar-refractivity contribution < 1.29 is 19.4 Å². The molecule has 0 saturated carbocycles. The number of aliphatic hydroxyl groups excluding tert-OH is 1. The van der Waals surface area contributed by atoms with Crippen molar-refractivity contribution in [3.63, 3.8) is 0 Å². The van der Waals surface area contributed by atoms with Crippen molar-refractivity contribution in [2.45, 2.75) is 29.7 Å². The molecule has 1 aliphatic rings. The second-order valence-corrected chi connectivity index (χ2v) is 14.3. The van der Waals surface area contributed by atoms with E-state index in [4.69, 9.17) is 4.74 Å². The fraction of sp³-hybridized carbons (Fsp3) is 0.105. The van der Waals surface area contributed by atoms with Gasteiger partial charge in [-0.05, 0) is 76.3 Å². The third-order valence-electron chi connectivity index (χ3n) is 8.23. The zero-order chi connectivity index (χ0) is 33.2. The molecule has 1 atom stereocenters. The predicted molar refractivity (Wildman–Crippen MR) is 194 cm³/mol. The van der Waals surface area contributed by atoms with Crippen molar-refractivity contribution in [2.75, 3.05) is 4.90 Å². The first-order valence-electron chi connectivity index (χ1n) is 15.1. The summed E-state index contributed by atoms with van der Waals surface area (Å²) in [6, 6.07) is 35.7. The molecule has 5 aromatic carbocycles. The number of aromatic nitrogens is 2. The Balaban J connectivity index is 1.18. The van der Waals surface area contributed by atoms with Crippen LogP contribution >= 0.6 is 39.0 Å². The molecule has 1 aliphatic heterocycles. The lowest BCUT2D eigenvalue weighted by Crippen LogP contribution is -2.29. The fourth-order valence-electron chi connectivity index (χ4n) is 5.74. The summed E-state index contributed by atoms with van der Waals surface area (Å²) in [5, 5.41) is 22.9. The molecule has 0 aliphatic carbocycles. The SMILES string of the molecule is Cc1ccccc1COc1ccc(C(O)=C2C(=O)C(=O)N(c3nnc(SCc4cccc5ccccc45)s3)C2c2cccc(Br)c2)cc1. The van der Waals surface area contributed by atoms with Gasteiger partial charge in [-0.25, -0.2) is 0 Å². The first kappa shape index (κ1) is 31.8. The molecule has 0 bridgehead atoms. The number of thioether (sulfide) groups is 1. The van der Waals surface area contributed by atoms with E-state index in [0.29, 0.717) is 33.6 Å². The van der Waals surface area contributed by atoms with Crippen LogP contribution in [0, 0.1) is 6.92 Å². The highest BCUT2D eigenvalue weighted by Gasteiger charge is 2.48. The zero-order valence-corrected chi connectivity index (χ0v) is 28.9. The molecule has 1 N–H and O–H groups in total. The minimum absolute atomic E-state index is 0.0214. The number of halogens is 1.